The fourth-order valence-electron chi connectivity index (χ4n) is 3.83. The maximum atomic E-state index is 12.4. The number of carbonyl (C=O) groups excluding carboxylic acids is 2. The van der Waals surface area contributed by atoms with E-state index in [1.165, 1.54) is 11.1 Å². The second kappa shape index (κ2) is 9.79. The minimum Gasteiger partial charge on any atom is -0.481 e. The second-order valence-electron chi connectivity index (χ2n) is 8.35. The van der Waals surface area contributed by atoms with Crippen molar-refractivity contribution in [1.29, 1.82) is 0 Å². The zero-order chi connectivity index (χ0) is 21.7. The number of hydrogen-bond acceptors (Lipinski definition) is 3. The van der Waals surface area contributed by atoms with Crippen LogP contribution < -0.4 is 10.1 Å². The number of likely N-dealkylation sites (tertiary alicyclic amines) is 1. The van der Waals surface area contributed by atoms with Crippen LogP contribution in [0.4, 0.5) is 0 Å². The summed E-state index contributed by atoms with van der Waals surface area (Å²) < 4.78 is 5.83. The first-order valence-corrected chi connectivity index (χ1v) is 10.8. The van der Waals surface area contributed by atoms with E-state index in [2.05, 4.69) is 32.2 Å². The molecule has 1 N–H and O–H groups in total. The van der Waals surface area contributed by atoms with Gasteiger partial charge in [-0.15, -0.1) is 0 Å². The van der Waals surface area contributed by atoms with Crippen molar-refractivity contribution in [1.82, 2.24) is 10.2 Å². The molecule has 1 aliphatic rings. The lowest BCUT2D eigenvalue weighted by molar-refractivity contribution is -0.127. The molecular weight excluding hydrogens is 376 g/mol. The van der Waals surface area contributed by atoms with E-state index in [0.29, 0.717) is 23.8 Å². The Labute approximate surface area is 179 Å². The van der Waals surface area contributed by atoms with Crippen molar-refractivity contribution in [2.24, 2.45) is 0 Å². The zero-order valence-corrected chi connectivity index (χ0v) is 18.4. The summed E-state index contributed by atoms with van der Waals surface area (Å²) in [7, 11) is 0. The van der Waals surface area contributed by atoms with Crippen molar-refractivity contribution < 1.29 is 14.3 Å². The average Bonchev–Trinajstić information content (AvgIpc) is 3.26. The minimum absolute atomic E-state index is 0.0869. The lowest BCUT2D eigenvalue weighted by Crippen LogP contribution is -2.35. The molecule has 1 saturated heterocycles. The SMILES string of the molecule is Cc1cc(O[C@H](C)C(=O)NCc2ccc(C(=O)N3CCCC3)cc2)ccc1C(C)C. The molecule has 5 heteroatoms. The van der Waals surface area contributed by atoms with Crippen LogP contribution in [0.2, 0.25) is 0 Å². The second-order valence-corrected chi connectivity index (χ2v) is 8.35. The van der Waals surface area contributed by atoms with Crippen LogP contribution in [0.5, 0.6) is 5.75 Å². The lowest BCUT2D eigenvalue weighted by Gasteiger charge is -2.17. The Kier molecular flexibility index (Phi) is 7.14. The Morgan fingerprint density at radius 3 is 2.30 bits per heavy atom. The number of amides is 2. The number of rotatable bonds is 7. The van der Waals surface area contributed by atoms with Crippen LogP contribution in [0.25, 0.3) is 0 Å². The van der Waals surface area contributed by atoms with Gasteiger partial charge in [0.15, 0.2) is 6.10 Å². The highest BCUT2D eigenvalue weighted by Crippen LogP contribution is 2.24. The van der Waals surface area contributed by atoms with Gasteiger partial charge in [-0.3, -0.25) is 9.59 Å². The van der Waals surface area contributed by atoms with Crippen LogP contribution in [0.15, 0.2) is 42.5 Å². The summed E-state index contributed by atoms with van der Waals surface area (Å²) in [6.07, 6.45) is 1.57. The predicted molar refractivity (Wildman–Crippen MR) is 119 cm³/mol. The Hall–Kier alpha value is -2.82. The predicted octanol–water partition coefficient (Wildman–Crippen LogP) is 4.44. The Bertz CT molecular complexity index is 884. The molecule has 160 valence electrons. The van der Waals surface area contributed by atoms with Crippen LogP contribution in [-0.4, -0.2) is 35.9 Å². The molecule has 30 heavy (non-hydrogen) atoms. The minimum atomic E-state index is -0.592. The third-order valence-corrected chi connectivity index (χ3v) is 5.61. The van der Waals surface area contributed by atoms with Crippen LogP contribution in [0.3, 0.4) is 0 Å². The van der Waals surface area contributed by atoms with Gasteiger partial charge in [0, 0.05) is 25.2 Å². The Balaban J connectivity index is 1.51. The molecule has 1 atom stereocenters. The molecule has 2 amide bonds. The summed E-state index contributed by atoms with van der Waals surface area (Å²) in [6.45, 7) is 10.2. The highest BCUT2D eigenvalue weighted by atomic mass is 16.5. The quantitative estimate of drug-likeness (QED) is 0.737. The molecular formula is C25H32N2O3. The molecule has 2 aromatic carbocycles. The summed E-state index contributed by atoms with van der Waals surface area (Å²) in [4.78, 5) is 26.7. The van der Waals surface area contributed by atoms with Crippen LogP contribution in [-0.2, 0) is 11.3 Å². The number of nitrogens with zero attached hydrogens (tertiary/aromatic N) is 1. The highest BCUT2D eigenvalue weighted by molar-refractivity contribution is 5.94. The first-order valence-electron chi connectivity index (χ1n) is 10.8. The van der Waals surface area contributed by atoms with Gasteiger partial charge in [0.2, 0.25) is 0 Å². The molecule has 0 spiro atoms. The lowest BCUT2D eigenvalue weighted by atomic mass is 9.98. The standard InChI is InChI=1S/C25H32N2O3/c1-17(2)23-12-11-22(15-18(23)3)30-19(4)24(28)26-16-20-7-9-21(10-8-20)25(29)27-13-5-6-14-27/h7-12,15,17,19H,5-6,13-14,16H2,1-4H3,(H,26,28)/t19-/m1/s1. The smallest absolute Gasteiger partial charge is 0.261 e. The third kappa shape index (κ3) is 5.41. The van der Waals surface area contributed by atoms with Gasteiger partial charge in [-0.05, 0) is 73.6 Å². The number of nitrogens with one attached hydrogen (secondary N) is 1. The Morgan fingerprint density at radius 1 is 1.03 bits per heavy atom. The van der Waals surface area contributed by atoms with Crippen LogP contribution in [0, 0.1) is 6.92 Å². The van der Waals surface area contributed by atoms with Crippen molar-refractivity contribution in [2.75, 3.05) is 13.1 Å². The van der Waals surface area contributed by atoms with E-state index in [1.54, 1.807) is 6.92 Å². The fraction of sp³-hybridized carbons (Fsp3) is 0.440. The first-order chi connectivity index (χ1) is 14.3. The van der Waals surface area contributed by atoms with Gasteiger partial charge in [0.05, 0.1) is 0 Å². The van der Waals surface area contributed by atoms with Gasteiger partial charge in [-0.25, -0.2) is 0 Å². The molecule has 0 radical (unpaired) electrons. The summed E-state index contributed by atoms with van der Waals surface area (Å²) in [5.41, 5.74) is 4.10. The zero-order valence-electron chi connectivity index (χ0n) is 18.4. The summed E-state index contributed by atoms with van der Waals surface area (Å²) in [5.74, 6) is 1.07. The number of carbonyl (C=O) groups is 2. The maximum absolute atomic E-state index is 12.4. The average molecular weight is 409 g/mol. The van der Waals surface area contributed by atoms with Crippen molar-refractivity contribution in [3.63, 3.8) is 0 Å². The van der Waals surface area contributed by atoms with Crippen LogP contribution >= 0.6 is 0 Å². The molecule has 0 aliphatic carbocycles. The maximum Gasteiger partial charge on any atom is 0.261 e. The largest absolute Gasteiger partial charge is 0.481 e. The van der Waals surface area contributed by atoms with Gasteiger partial charge in [-0.1, -0.05) is 32.0 Å². The van der Waals surface area contributed by atoms with E-state index >= 15 is 0 Å². The van der Waals surface area contributed by atoms with Gasteiger partial charge >= 0.3 is 0 Å². The molecule has 5 nitrogen and oxygen atoms in total. The van der Waals surface area contributed by atoms with Crippen molar-refractivity contribution in [3.05, 3.63) is 64.7 Å². The number of aryl methyl sites for hydroxylation is 1. The fourth-order valence-corrected chi connectivity index (χ4v) is 3.83. The Morgan fingerprint density at radius 2 is 1.70 bits per heavy atom. The van der Waals surface area contributed by atoms with Crippen molar-refractivity contribution in [2.45, 2.75) is 59.1 Å². The molecule has 2 aromatic rings. The van der Waals surface area contributed by atoms with Gasteiger partial charge in [0.25, 0.3) is 11.8 Å². The van der Waals surface area contributed by atoms with E-state index in [0.717, 1.165) is 31.5 Å². The molecule has 3 rings (SSSR count). The highest BCUT2D eigenvalue weighted by Gasteiger charge is 2.19. The molecule has 0 unspecified atom stereocenters. The van der Waals surface area contributed by atoms with Gasteiger partial charge < -0.3 is 15.0 Å². The normalized spacial score (nSPS) is 14.6. The van der Waals surface area contributed by atoms with E-state index in [-0.39, 0.29) is 11.8 Å². The summed E-state index contributed by atoms with van der Waals surface area (Å²) in [5, 5.41) is 2.91. The summed E-state index contributed by atoms with van der Waals surface area (Å²) in [6, 6.07) is 13.4. The third-order valence-electron chi connectivity index (χ3n) is 5.61. The molecule has 0 saturated carbocycles. The van der Waals surface area contributed by atoms with Crippen molar-refractivity contribution >= 4 is 11.8 Å². The molecule has 1 aliphatic heterocycles. The number of ether oxygens (including phenoxy) is 1. The monoisotopic (exact) mass is 408 g/mol. The van der Waals surface area contributed by atoms with Gasteiger partial charge in [0.1, 0.15) is 5.75 Å². The molecule has 1 fully saturated rings. The number of benzene rings is 2. The summed E-state index contributed by atoms with van der Waals surface area (Å²) >= 11 is 0. The van der Waals surface area contributed by atoms with E-state index < -0.39 is 6.10 Å². The van der Waals surface area contributed by atoms with E-state index in [9.17, 15) is 9.59 Å². The van der Waals surface area contributed by atoms with E-state index in [1.807, 2.05) is 41.3 Å². The van der Waals surface area contributed by atoms with E-state index in [4.69, 9.17) is 4.74 Å². The molecule has 1 heterocycles. The molecule has 0 aromatic heterocycles. The topological polar surface area (TPSA) is 58.6 Å². The van der Waals surface area contributed by atoms with Crippen molar-refractivity contribution in [3.8, 4) is 5.75 Å². The van der Waals surface area contributed by atoms with Gasteiger partial charge in [-0.2, -0.15) is 0 Å². The number of hydrogen-bond donors (Lipinski definition) is 1. The first kappa shape index (κ1) is 21.9. The molecule has 0 bridgehead atoms. The van der Waals surface area contributed by atoms with Crippen LogP contribution in [0.1, 0.15) is 66.6 Å².